The summed E-state index contributed by atoms with van der Waals surface area (Å²) in [6, 6.07) is -0.0108. The van der Waals surface area contributed by atoms with Crippen LogP contribution >= 0.6 is 11.3 Å². The van der Waals surface area contributed by atoms with E-state index >= 15 is 0 Å². The van der Waals surface area contributed by atoms with Gasteiger partial charge in [0.05, 0.1) is 0 Å². The molecule has 2 saturated heterocycles. The molecule has 22 heavy (non-hydrogen) atoms. The monoisotopic (exact) mass is 323 g/mol. The molecule has 2 aliphatic rings. The van der Waals surface area contributed by atoms with Crippen LogP contribution in [0.3, 0.4) is 0 Å². The minimum Gasteiger partial charge on any atom is -0.381 e. The number of thiazole rings is 1. The maximum absolute atomic E-state index is 12.3. The molecule has 0 spiro atoms. The second-order valence-electron chi connectivity index (χ2n) is 7.04. The van der Waals surface area contributed by atoms with Crippen molar-refractivity contribution < 1.29 is 9.53 Å². The predicted octanol–water partition coefficient (Wildman–Crippen LogP) is 3.69. The minimum absolute atomic E-state index is 0.0108. The Morgan fingerprint density at radius 3 is 2.73 bits per heavy atom. The van der Waals surface area contributed by atoms with E-state index in [2.05, 4.69) is 24.1 Å². The molecule has 122 valence electrons. The molecule has 0 unspecified atom stereocenters. The fourth-order valence-corrected chi connectivity index (χ4v) is 3.98. The minimum atomic E-state index is -0.0108. The second-order valence-corrected chi connectivity index (χ2v) is 8.10. The Hall–Kier alpha value is -1.14. The first-order valence-corrected chi connectivity index (χ1v) is 8.95. The van der Waals surface area contributed by atoms with Crippen LogP contribution in [0.1, 0.15) is 50.3 Å². The van der Waals surface area contributed by atoms with Gasteiger partial charge in [-0.05, 0) is 37.0 Å². The number of anilines is 1. The molecule has 0 saturated carbocycles. The van der Waals surface area contributed by atoms with E-state index in [4.69, 9.17) is 4.74 Å². The molecule has 0 bridgehead atoms. The number of nitrogens with one attached hydrogen (secondary N) is 1. The van der Waals surface area contributed by atoms with Crippen LogP contribution in [0.15, 0.2) is 6.20 Å². The third-order valence-electron chi connectivity index (χ3n) is 4.77. The van der Waals surface area contributed by atoms with Gasteiger partial charge in [-0.15, -0.1) is 11.3 Å². The van der Waals surface area contributed by atoms with Gasteiger partial charge in [0.1, 0.15) is 0 Å². The van der Waals surface area contributed by atoms with Gasteiger partial charge in [-0.2, -0.15) is 0 Å². The number of nitrogens with zero attached hydrogens (tertiary/aromatic N) is 2. The van der Waals surface area contributed by atoms with Crippen LogP contribution in [0.5, 0.6) is 0 Å². The highest BCUT2D eigenvalue weighted by molar-refractivity contribution is 7.15. The molecule has 5 nitrogen and oxygen atoms in total. The SMILES string of the molecule is CC1(C)CCN(C(=O)Nc2ncc(C3CCOCC3)s2)CC1. The van der Waals surface area contributed by atoms with Crippen molar-refractivity contribution >= 4 is 22.5 Å². The number of piperidine rings is 1. The van der Waals surface area contributed by atoms with Gasteiger partial charge in [-0.3, -0.25) is 5.32 Å². The maximum Gasteiger partial charge on any atom is 0.323 e. The smallest absolute Gasteiger partial charge is 0.323 e. The molecular formula is C16H25N3O2S. The summed E-state index contributed by atoms with van der Waals surface area (Å²) in [4.78, 5) is 19.9. The number of hydrogen-bond acceptors (Lipinski definition) is 4. The van der Waals surface area contributed by atoms with E-state index in [0.29, 0.717) is 11.3 Å². The molecule has 2 amide bonds. The van der Waals surface area contributed by atoms with Gasteiger partial charge in [0, 0.05) is 37.4 Å². The normalized spacial score (nSPS) is 22.5. The highest BCUT2D eigenvalue weighted by Crippen LogP contribution is 2.33. The van der Waals surface area contributed by atoms with Gasteiger partial charge in [0.15, 0.2) is 5.13 Å². The summed E-state index contributed by atoms with van der Waals surface area (Å²) < 4.78 is 5.40. The average molecular weight is 323 g/mol. The number of urea groups is 1. The highest BCUT2D eigenvalue weighted by atomic mass is 32.1. The Labute approximate surface area is 136 Å². The molecule has 2 aliphatic heterocycles. The van der Waals surface area contributed by atoms with Crippen LogP contribution in [0, 0.1) is 5.41 Å². The molecule has 3 rings (SSSR count). The zero-order valence-electron chi connectivity index (χ0n) is 13.4. The molecule has 1 aromatic heterocycles. The van der Waals surface area contributed by atoms with Crippen molar-refractivity contribution in [3.63, 3.8) is 0 Å². The van der Waals surface area contributed by atoms with Crippen LogP contribution in [0.4, 0.5) is 9.93 Å². The van der Waals surface area contributed by atoms with E-state index in [1.54, 1.807) is 11.3 Å². The molecule has 0 atom stereocenters. The Kier molecular flexibility index (Phi) is 4.68. The lowest BCUT2D eigenvalue weighted by atomic mass is 9.83. The number of amides is 2. The molecule has 6 heteroatoms. The molecule has 0 aliphatic carbocycles. The van der Waals surface area contributed by atoms with Crippen molar-refractivity contribution in [2.24, 2.45) is 5.41 Å². The molecule has 3 heterocycles. The van der Waals surface area contributed by atoms with E-state index in [1.807, 2.05) is 11.1 Å². The lowest BCUT2D eigenvalue weighted by Gasteiger charge is -2.36. The van der Waals surface area contributed by atoms with Gasteiger partial charge >= 0.3 is 6.03 Å². The summed E-state index contributed by atoms with van der Waals surface area (Å²) in [6.07, 6.45) is 6.14. The average Bonchev–Trinajstić information content (AvgIpc) is 2.96. The first kappa shape index (κ1) is 15.7. The highest BCUT2D eigenvalue weighted by Gasteiger charge is 2.28. The van der Waals surface area contributed by atoms with Crippen molar-refractivity contribution in [1.82, 2.24) is 9.88 Å². The Bertz CT molecular complexity index is 513. The standard InChI is InChI=1S/C16H25N3O2S/c1-16(2)5-7-19(8-6-16)15(20)18-14-17-11-13(22-14)12-3-9-21-10-4-12/h11-12H,3-10H2,1-2H3,(H,17,18,20). The van der Waals surface area contributed by atoms with E-state index in [1.165, 1.54) is 4.88 Å². The number of carbonyl (C=O) groups excluding carboxylic acids is 1. The van der Waals surface area contributed by atoms with E-state index in [0.717, 1.165) is 57.1 Å². The fourth-order valence-electron chi connectivity index (χ4n) is 3.00. The number of likely N-dealkylation sites (tertiary alicyclic amines) is 1. The number of rotatable bonds is 2. The van der Waals surface area contributed by atoms with Gasteiger partial charge < -0.3 is 9.64 Å². The molecule has 1 N–H and O–H groups in total. The quantitative estimate of drug-likeness (QED) is 0.903. The summed E-state index contributed by atoms with van der Waals surface area (Å²) in [6.45, 7) is 7.85. The third-order valence-corrected chi connectivity index (χ3v) is 5.84. The summed E-state index contributed by atoms with van der Waals surface area (Å²) in [5.74, 6) is 0.535. The van der Waals surface area contributed by atoms with Crippen molar-refractivity contribution in [2.75, 3.05) is 31.6 Å². The second kappa shape index (κ2) is 6.54. The van der Waals surface area contributed by atoms with E-state index < -0.39 is 0 Å². The van der Waals surface area contributed by atoms with E-state index in [-0.39, 0.29) is 6.03 Å². The topological polar surface area (TPSA) is 54.5 Å². The Morgan fingerprint density at radius 1 is 1.36 bits per heavy atom. The zero-order chi connectivity index (χ0) is 15.6. The van der Waals surface area contributed by atoms with Crippen molar-refractivity contribution in [1.29, 1.82) is 0 Å². The maximum atomic E-state index is 12.3. The number of carbonyl (C=O) groups is 1. The zero-order valence-corrected chi connectivity index (χ0v) is 14.2. The molecule has 2 fully saturated rings. The summed E-state index contributed by atoms with van der Waals surface area (Å²) >= 11 is 1.61. The lowest BCUT2D eigenvalue weighted by molar-refractivity contribution is 0.0860. The fraction of sp³-hybridized carbons (Fsp3) is 0.750. The van der Waals surface area contributed by atoms with Crippen LogP contribution in [-0.2, 0) is 4.74 Å². The van der Waals surface area contributed by atoms with Gasteiger partial charge in [0.2, 0.25) is 0 Å². The van der Waals surface area contributed by atoms with Crippen LogP contribution in [0.2, 0.25) is 0 Å². The van der Waals surface area contributed by atoms with Gasteiger partial charge in [-0.1, -0.05) is 13.8 Å². The van der Waals surface area contributed by atoms with Gasteiger partial charge in [0.25, 0.3) is 0 Å². The molecule has 0 aromatic carbocycles. The van der Waals surface area contributed by atoms with Crippen LogP contribution < -0.4 is 5.32 Å². The lowest BCUT2D eigenvalue weighted by Crippen LogP contribution is -2.43. The Morgan fingerprint density at radius 2 is 2.05 bits per heavy atom. The number of ether oxygens (including phenoxy) is 1. The van der Waals surface area contributed by atoms with Crippen LogP contribution in [-0.4, -0.2) is 42.2 Å². The van der Waals surface area contributed by atoms with Crippen LogP contribution in [0.25, 0.3) is 0 Å². The van der Waals surface area contributed by atoms with E-state index in [9.17, 15) is 4.79 Å². The predicted molar refractivity (Wildman–Crippen MR) is 88.5 cm³/mol. The number of aromatic nitrogens is 1. The molecular weight excluding hydrogens is 298 g/mol. The van der Waals surface area contributed by atoms with Crippen molar-refractivity contribution in [3.8, 4) is 0 Å². The summed E-state index contributed by atoms with van der Waals surface area (Å²) in [7, 11) is 0. The summed E-state index contributed by atoms with van der Waals surface area (Å²) in [5, 5.41) is 3.68. The van der Waals surface area contributed by atoms with Crippen molar-refractivity contribution in [3.05, 3.63) is 11.1 Å². The third kappa shape index (κ3) is 3.79. The molecule has 1 aromatic rings. The first-order chi connectivity index (χ1) is 10.5. The number of hydrogen-bond donors (Lipinski definition) is 1. The van der Waals surface area contributed by atoms with Crippen molar-refractivity contribution in [2.45, 2.75) is 45.4 Å². The molecule has 0 radical (unpaired) electrons. The largest absolute Gasteiger partial charge is 0.381 e. The summed E-state index contributed by atoms with van der Waals surface area (Å²) in [5.41, 5.74) is 0.355. The Balaban J connectivity index is 1.54. The van der Waals surface area contributed by atoms with Gasteiger partial charge in [-0.25, -0.2) is 9.78 Å². The first-order valence-electron chi connectivity index (χ1n) is 8.13.